The zero-order valence-corrected chi connectivity index (χ0v) is 17.1. The highest BCUT2D eigenvalue weighted by molar-refractivity contribution is 6.31. The van der Waals surface area contributed by atoms with Gasteiger partial charge in [-0.05, 0) is 30.0 Å². The van der Waals surface area contributed by atoms with E-state index in [2.05, 4.69) is 5.32 Å². The molecule has 2 aliphatic rings. The Hall–Kier alpha value is -2.79. The first-order chi connectivity index (χ1) is 14.0. The smallest absolute Gasteiger partial charge is 0.225 e. The summed E-state index contributed by atoms with van der Waals surface area (Å²) in [6, 6.07) is 13.0. The second-order valence-corrected chi connectivity index (χ2v) is 7.76. The van der Waals surface area contributed by atoms with Crippen molar-refractivity contribution in [3.63, 3.8) is 0 Å². The van der Waals surface area contributed by atoms with Gasteiger partial charge >= 0.3 is 0 Å². The standard InChI is InChI=1S/C23H22ClNO4/c1-28-14-7-8-16(21(11-14)29-2)17-12-22(27)25-19-9-13(10-20(26)23(17)19)15-5-3-4-6-18(15)24/h3-8,11,13,17H,9-10,12H2,1-2H3,(H,25,27). The minimum Gasteiger partial charge on any atom is -0.497 e. The highest BCUT2D eigenvalue weighted by atomic mass is 35.5. The van der Waals surface area contributed by atoms with Crippen molar-refractivity contribution in [1.29, 1.82) is 0 Å². The lowest BCUT2D eigenvalue weighted by Gasteiger charge is -2.35. The summed E-state index contributed by atoms with van der Waals surface area (Å²) in [4.78, 5) is 25.7. The van der Waals surface area contributed by atoms with Gasteiger partial charge in [0.05, 0.1) is 14.2 Å². The van der Waals surface area contributed by atoms with Crippen molar-refractivity contribution >= 4 is 23.3 Å². The molecule has 2 aromatic rings. The van der Waals surface area contributed by atoms with Crippen molar-refractivity contribution in [3.8, 4) is 11.5 Å². The molecule has 2 atom stereocenters. The molecule has 2 unspecified atom stereocenters. The molecule has 2 aromatic carbocycles. The van der Waals surface area contributed by atoms with Gasteiger partial charge in [-0.1, -0.05) is 35.9 Å². The normalized spacial score (nSPS) is 21.5. The second-order valence-electron chi connectivity index (χ2n) is 7.35. The minimum atomic E-state index is -0.334. The van der Waals surface area contributed by atoms with E-state index in [1.807, 2.05) is 36.4 Å². The Bertz CT molecular complexity index is 1010. The fraction of sp³-hybridized carbons (Fsp3) is 0.304. The molecule has 4 rings (SSSR count). The predicted octanol–water partition coefficient (Wildman–Crippen LogP) is 4.36. The molecular weight excluding hydrogens is 390 g/mol. The van der Waals surface area contributed by atoms with E-state index in [0.717, 1.165) is 11.1 Å². The summed E-state index contributed by atoms with van der Waals surface area (Å²) in [5, 5.41) is 3.58. The maximum atomic E-state index is 13.2. The van der Waals surface area contributed by atoms with Crippen molar-refractivity contribution in [3.05, 3.63) is 69.9 Å². The monoisotopic (exact) mass is 411 g/mol. The number of methoxy groups -OCH3 is 2. The van der Waals surface area contributed by atoms with Gasteiger partial charge in [0.1, 0.15) is 11.5 Å². The molecule has 0 saturated heterocycles. The lowest BCUT2D eigenvalue weighted by Crippen LogP contribution is -2.38. The first kappa shape index (κ1) is 19.5. The third-order valence-corrected chi connectivity index (χ3v) is 6.04. The number of nitrogens with one attached hydrogen (secondary N) is 1. The van der Waals surface area contributed by atoms with Gasteiger partial charge in [0, 0.05) is 46.7 Å². The van der Waals surface area contributed by atoms with Crippen LogP contribution >= 0.6 is 11.6 Å². The van der Waals surface area contributed by atoms with E-state index in [4.69, 9.17) is 21.1 Å². The molecule has 1 amide bonds. The molecule has 0 fully saturated rings. The van der Waals surface area contributed by atoms with Crippen LogP contribution in [0.25, 0.3) is 0 Å². The Morgan fingerprint density at radius 3 is 2.48 bits per heavy atom. The zero-order chi connectivity index (χ0) is 20.5. The number of rotatable bonds is 4. The van der Waals surface area contributed by atoms with E-state index in [1.54, 1.807) is 20.3 Å². The molecule has 150 valence electrons. The molecule has 29 heavy (non-hydrogen) atoms. The van der Waals surface area contributed by atoms with Gasteiger partial charge in [0.25, 0.3) is 0 Å². The fourth-order valence-corrected chi connectivity index (χ4v) is 4.65. The highest BCUT2D eigenvalue weighted by Crippen LogP contribution is 2.46. The average Bonchev–Trinajstić information content (AvgIpc) is 2.72. The largest absolute Gasteiger partial charge is 0.497 e. The SMILES string of the molecule is COc1ccc(C2CC(=O)NC3=C2C(=O)CC(c2ccccc2Cl)C3)c(OC)c1. The fourth-order valence-electron chi connectivity index (χ4n) is 4.36. The highest BCUT2D eigenvalue weighted by Gasteiger charge is 2.39. The van der Waals surface area contributed by atoms with Gasteiger partial charge in [0.2, 0.25) is 5.91 Å². The number of benzene rings is 2. The molecule has 1 aliphatic carbocycles. The van der Waals surface area contributed by atoms with Gasteiger partial charge in [-0.2, -0.15) is 0 Å². The first-order valence-corrected chi connectivity index (χ1v) is 9.92. The van der Waals surface area contributed by atoms with Crippen molar-refractivity contribution in [1.82, 2.24) is 5.32 Å². The molecule has 5 nitrogen and oxygen atoms in total. The van der Waals surface area contributed by atoms with Crippen LogP contribution < -0.4 is 14.8 Å². The van der Waals surface area contributed by atoms with Crippen LogP contribution in [0, 0.1) is 0 Å². The Morgan fingerprint density at radius 2 is 1.76 bits per heavy atom. The van der Waals surface area contributed by atoms with E-state index in [0.29, 0.717) is 40.6 Å². The van der Waals surface area contributed by atoms with E-state index in [-0.39, 0.29) is 29.9 Å². The Balaban J connectivity index is 1.75. The second kappa shape index (κ2) is 7.91. The Kier molecular flexibility index (Phi) is 5.33. The quantitative estimate of drug-likeness (QED) is 0.811. The van der Waals surface area contributed by atoms with Crippen LogP contribution in [0.1, 0.15) is 42.2 Å². The number of hydrogen-bond donors (Lipinski definition) is 1. The van der Waals surface area contributed by atoms with Gasteiger partial charge in [0.15, 0.2) is 5.78 Å². The summed E-state index contributed by atoms with van der Waals surface area (Å²) in [7, 11) is 3.16. The van der Waals surface area contributed by atoms with Gasteiger partial charge < -0.3 is 14.8 Å². The van der Waals surface area contributed by atoms with Crippen molar-refractivity contribution in [2.24, 2.45) is 0 Å². The van der Waals surface area contributed by atoms with E-state index >= 15 is 0 Å². The Morgan fingerprint density at radius 1 is 0.966 bits per heavy atom. The summed E-state index contributed by atoms with van der Waals surface area (Å²) in [5.74, 6) is 0.829. The van der Waals surface area contributed by atoms with Crippen molar-refractivity contribution in [2.75, 3.05) is 14.2 Å². The van der Waals surface area contributed by atoms with Gasteiger partial charge in [-0.25, -0.2) is 0 Å². The molecule has 0 aromatic heterocycles. The maximum absolute atomic E-state index is 13.2. The number of carbonyl (C=O) groups excluding carboxylic acids is 2. The molecule has 0 spiro atoms. The predicted molar refractivity (Wildman–Crippen MR) is 111 cm³/mol. The summed E-state index contributed by atoms with van der Waals surface area (Å²) in [6.07, 6.45) is 1.16. The van der Waals surface area contributed by atoms with Crippen molar-refractivity contribution < 1.29 is 19.1 Å². The average molecular weight is 412 g/mol. The van der Waals surface area contributed by atoms with Crippen LogP contribution in [0.3, 0.4) is 0 Å². The van der Waals surface area contributed by atoms with Crippen LogP contribution in [0.5, 0.6) is 11.5 Å². The molecule has 1 heterocycles. The number of amides is 1. The summed E-state index contributed by atoms with van der Waals surface area (Å²) in [5.41, 5.74) is 3.13. The zero-order valence-electron chi connectivity index (χ0n) is 16.3. The number of allylic oxidation sites excluding steroid dienone is 2. The van der Waals surface area contributed by atoms with E-state index in [9.17, 15) is 9.59 Å². The molecule has 0 bridgehead atoms. The third kappa shape index (κ3) is 3.62. The maximum Gasteiger partial charge on any atom is 0.225 e. The number of ether oxygens (including phenoxy) is 2. The van der Waals surface area contributed by atoms with Crippen LogP contribution in [-0.4, -0.2) is 25.9 Å². The van der Waals surface area contributed by atoms with Crippen LogP contribution in [0.4, 0.5) is 0 Å². The van der Waals surface area contributed by atoms with Gasteiger partial charge in [-0.3, -0.25) is 9.59 Å². The van der Waals surface area contributed by atoms with Crippen molar-refractivity contribution in [2.45, 2.75) is 31.1 Å². The Labute approximate surface area is 174 Å². The molecule has 0 saturated carbocycles. The number of carbonyl (C=O) groups is 2. The summed E-state index contributed by atoms with van der Waals surface area (Å²) in [6.45, 7) is 0. The molecule has 6 heteroatoms. The molecule has 1 aliphatic heterocycles. The lowest BCUT2D eigenvalue weighted by molar-refractivity contribution is -0.122. The summed E-state index contributed by atoms with van der Waals surface area (Å²) < 4.78 is 10.8. The van der Waals surface area contributed by atoms with Gasteiger partial charge in [-0.15, -0.1) is 0 Å². The first-order valence-electron chi connectivity index (χ1n) is 9.54. The van der Waals surface area contributed by atoms with Crippen LogP contribution in [-0.2, 0) is 9.59 Å². The number of halogens is 1. The lowest BCUT2D eigenvalue weighted by atomic mass is 9.73. The number of Topliss-reactive ketones (excluding diaryl/α,β-unsaturated/α-hetero) is 1. The van der Waals surface area contributed by atoms with Crippen LogP contribution in [0.2, 0.25) is 5.02 Å². The van der Waals surface area contributed by atoms with E-state index < -0.39 is 0 Å². The molecule has 0 radical (unpaired) electrons. The molecular formula is C23H22ClNO4. The van der Waals surface area contributed by atoms with Crippen LogP contribution in [0.15, 0.2) is 53.7 Å². The summed E-state index contributed by atoms with van der Waals surface area (Å²) >= 11 is 6.36. The number of ketones is 1. The van der Waals surface area contributed by atoms with E-state index in [1.165, 1.54) is 0 Å². The topological polar surface area (TPSA) is 64.6 Å². The number of hydrogen-bond acceptors (Lipinski definition) is 4. The molecule has 1 N–H and O–H groups in total. The minimum absolute atomic E-state index is 0.0408. The third-order valence-electron chi connectivity index (χ3n) is 5.70.